The van der Waals surface area contributed by atoms with Gasteiger partial charge in [-0.2, -0.15) is 0 Å². The molecule has 0 bridgehead atoms. The fourth-order valence-corrected chi connectivity index (χ4v) is 5.54. The van der Waals surface area contributed by atoms with E-state index in [1.54, 1.807) is 0 Å². The Morgan fingerprint density at radius 1 is 0.970 bits per heavy atom. The van der Waals surface area contributed by atoms with Gasteiger partial charge in [0.25, 0.3) is 0 Å². The molecule has 1 saturated heterocycles. The number of carbonyl (C=O) groups is 1. The van der Waals surface area contributed by atoms with Gasteiger partial charge in [-0.15, -0.1) is 0 Å². The van der Waals surface area contributed by atoms with E-state index in [9.17, 15) is 4.79 Å². The van der Waals surface area contributed by atoms with Gasteiger partial charge in [-0.1, -0.05) is 78.4 Å². The molecule has 172 valence electrons. The van der Waals surface area contributed by atoms with E-state index < -0.39 is 5.41 Å². The van der Waals surface area contributed by atoms with Crippen molar-refractivity contribution in [3.63, 3.8) is 0 Å². The number of likely N-dealkylation sites (tertiary alicyclic amines) is 1. The largest absolute Gasteiger partial charge is 0.493 e. The zero-order valence-corrected chi connectivity index (χ0v) is 19.7. The van der Waals surface area contributed by atoms with Crippen molar-refractivity contribution in [1.82, 2.24) is 0 Å². The number of amides is 1. The summed E-state index contributed by atoms with van der Waals surface area (Å²) in [6, 6.07) is 28.4. The number of hydrogen-bond donors (Lipinski definition) is 1. The molecule has 0 aromatic heterocycles. The molecule has 33 heavy (non-hydrogen) atoms. The fourth-order valence-electron chi connectivity index (χ4n) is 5.54. The number of rotatable bonds is 9. The van der Waals surface area contributed by atoms with Crippen molar-refractivity contribution in [2.45, 2.75) is 25.2 Å². The SMILES string of the molecule is Cc1ccc(OCCC[N@+]2(C)CCC(C(C(N)=O)(c3ccccc3)c3ccccc3)C2)cc1. The number of benzene rings is 3. The maximum atomic E-state index is 13.3. The summed E-state index contributed by atoms with van der Waals surface area (Å²) in [5.74, 6) is 0.798. The number of nitrogens with zero attached hydrogens (tertiary/aromatic N) is 1. The number of carbonyl (C=O) groups excluding carboxylic acids is 1. The van der Waals surface area contributed by atoms with Crippen LogP contribution in [-0.2, 0) is 10.2 Å². The van der Waals surface area contributed by atoms with Crippen LogP contribution in [0.3, 0.4) is 0 Å². The van der Waals surface area contributed by atoms with Gasteiger partial charge in [0, 0.05) is 18.8 Å². The van der Waals surface area contributed by atoms with Crippen molar-refractivity contribution < 1.29 is 14.0 Å². The summed E-state index contributed by atoms with van der Waals surface area (Å²) < 4.78 is 6.88. The minimum Gasteiger partial charge on any atom is -0.493 e. The van der Waals surface area contributed by atoms with E-state index in [0.717, 1.165) is 53.8 Å². The van der Waals surface area contributed by atoms with E-state index in [-0.39, 0.29) is 11.8 Å². The Bertz CT molecular complexity index is 1010. The predicted molar refractivity (Wildman–Crippen MR) is 133 cm³/mol. The Hall–Kier alpha value is -3.11. The van der Waals surface area contributed by atoms with Crippen molar-refractivity contribution in [3.8, 4) is 5.75 Å². The number of hydrogen-bond acceptors (Lipinski definition) is 2. The highest BCUT2D eigenvalue weighted by atomic mass is 16.5. The van der Waals surface area contributed by atoms with E-state index in [1.807, 2.05) is 48.5 Å². The molecular weight excluding hydrogens is 408 g/mol. The molecule has 2 atom stereocenters. The molecule has 0 radical (unpaired) electrons. The molecule has 0 aliphatic carbocycles. The van der Waals surface area contributed by atoms with Crippen molar-refractivity contribution in [1.29, 1.82) is 0 Å². The second-order valence-corrected chi connectivity index (χ2v) is 9.65. The molecule has 4 rings (SSSR count). The van der Waals surface area contributed by atoms with Crippen LogP contribution in [-0.4, -0.2) is 43.7 Å². The minimum atomic E-state index is -0.822. The smallest absolute Gasteiger partial charge is 0.233 e. The number of primary amides is 1. The lowest BCUT2D eigenvalue weighted by Crippen LogP contribution is -2.51. The van der Waals surface area contributed by atoms with Gasteiger partial charge in [0.2, 0.25) is 5.91 Å². The van der Waals surface area contributed by atoms with E-state index in [1.165, 1.54) is 5.56 Å². The Morgan fingerprint density at radius 2 is 1.55 bits per heavy atom. The first-order valence-corrected chi connectivity index (χ1v) is 11.9. The normalized spacial score (nSPS) is 20.5. The topological polar surface area (TPSA) is 52.3 Å². The van der Waals surface area contributed by atoms with Crippen molar-refractivity contribution in [2.24, 2.45) is 11.7 Å². The first-order valence-electron chi connectivity index (χ1n) is 11.9. The number of aryl methyl sites for hydroxylation is 1. The van der Waals surface area contributed by atoms with Crippen LogP contribution in [0.4, 0.5) is 0 Å². The first kappa shape index (κ1) is 23.1. The van der Waals surface area contributed by atoms with Gasteiger partial charge in [0.1, 0.15) is 11.2 Å². The summed E-state index contributed by atoms with van der Waals surface area (Å²) in [4.78, 5) is 13.3. The third kappa shape index (κ3) is 4.81. The Kier molecular flexibility index (Phi) is 6.85. The van der Waals surface area contributed by atoms with Crippen molar-refractivity contribution >= 4 is 5.91 Å². The van der Waals surface area contributed by atoms with Crippen LogP contribution >= 0.6 is 0 Å². The Labute approximate surface area is 197 Å². The quantitative estimate of drug-likeness (QED) is 0.385. The summed E-state index contributed by atoms with van der Waals surface area (Å²) in [6.07, 6.45) is 1.93. The standard InChI is InChI=1S/C29H34N2O2/c1-23-14-16-27(17-15-23)33-21-9-19-31(2)20-18-26(22-31)29(28(30)32,24-10-5-3-6-11-24)25-12-7-4-8-13-25/h3-8,10-17,26H,9,18-22H2,1-2H3,(H-,30,32)/p+1/t26?,31-/m1/s1. The monoisotopic (exact) mass is 443 g/mol. The average Bonchev–Trinajstić information content (AvgIpc) is 3.22. The Balaban J connectivity index is 1.51. The highest BCUT2D eigenvalue weighted by molar-refractivity contribution is 5.91. The molecule has 3 aromatic carbocycles. The number of ether oxygens (including phenoxy) is 1. The Morgan fingerprint density at radius 3 is 2.09 bits per heavy atom. The maximum Gasteiger partial charge on any atom is 0.233 e. The van der Waals surface area contributed by atoms with E-state index in [4.69, 9.17) is 10.5 Å². The lowest BCUT2D eigenvalue weighted by molar-refractivity contribution is -0.899. The summed E-state index contributed by atoms with van der Waals surface area (Å²) in [6.45, 7) is 5.73. The zero-order valence-electron chi connectivity index (χ0n) is 19.7. The van der Waals surface area contributed by atoms with Crippen LogP contribution in [0.2, 0.25) is 0 Å². The van der Waals surface area contributed by atoms with Crippen LogP contribution in [0, 0.1) is 12.8 Å². The molecular formula is C29H35N2O2+. The van der Waals surface area contributed by atoms with Crippen LogP contribution in [0.15, 0.2) is 84.9 Å². The van der Waals surface area contributed by atoms with Gasteiger partial charge < -0.3 is 15.0 Å². The van der Waals surface area contributed by atoms with Crippen molar-refractivity contribution in [3.05, 3.63) is 102 Å². The molecule has 0 saturated carbocycles. The molecule has 1 amide bonds. The van der Waals surface area contributed by atoms with Crippen LogP contribution in [0.1, 0.15) is 29.5 Å². The van der Waals surface area contributed by atoms with Gasteiger partial charge in [0.15, 0.2) is 0 Å². The molecule has 4 nitrogen and oxygen atoms in total. The average molecular weight is 444 g/mol. The molecule has 1 aliphatic rings. The van der Waals surface area contributed by atoms with Gasteiger partial charge in [-0.3, -0.25) is 4.79 Å². The van der Waals surface area contributed by atoms with Gasteiger partial charge in [0.05, 0.1) is 33.3 Å². The summed E-state index contributed by atoms with van der Waals surface area (Å²) in [5, 5.41) is 0. The van der Waals surface area contributed by atoms with Gasteiger partial charge >= 0.3 is 0 Å². The lowest BCUT2D eigenvalue weighted by Gasteiger charge is -2.38. The van der Waals surface area contributed by atoms with Gasteiger partial charge in [-0.05, 0) is 30.2 Å². The maximum absolute atomic E-state index is 13.3. The molecule has 1 aliphatic heterocycles. The fraction of sp³-hybridized carbons (Fsp3) is 0.345. The molecule has 1 heterocycles. The van der Waals surface area contributed by atoms with E-state index in [2.05, 4.69) is 50.4 Å². The zero-order chi connectivity index (χ0) is 23.3. The van der Waals surface area contributed by atoms with E-state index >= 15 is 0 Å². The highest BCUT2D eigenvalue weighted by Gasteiger charge is 2.53. The summed E-state index contributed by atoms with van der Waals surface area (Å²) in [5.41, 5.74) is 8.63. The first-order chi connectivity index (χ1) is 15.9. The van der Waals surface area contributed by atoms with Crippen LogP contribution in [0.25, 0.3) is 0 Å². The lowest BCUT2D eigenvalue weighted by atomic mass is 9.64. The molecule has 1 fully saturated rings. The van der Waals surface area contributed by atoms with Crippen molar-refractivity contribution in [2.75, 3.05) is 33.3 Å². The summed E-state index contributed by atoms with van der Waals surface area (Å²) >= 11 is 0. The summed E-state index contributed by atoms with van der Waals surface area (Å²) in [7, 11) is 2.30. The molecule has 4 heteroatoms. The van der Waals surface area contributed by atoms with Gasteiger partial charge in [-0.25, -0.2) is 0 Å². The molecule has 2 N–H and O–H groups in total. The van der Waals surface area contributed by atoms with Crippen LogP contribution in [0.5, 0.6) is 5.75 Å². The second-order valence-electron chi connectivity index (χ2n) is 9.65. The number of nitrogens with two attached hydrogens (primary N) is 1. The van der Waals surface area contributed by atoms with Crippen LogP contribution < -0.4 is 10.5 Å². The third-order valence-corrected chi connectivity index (χ3v) is 7.27. The minimum absolute atomic E-state index is 0.141. The molecule has 3 aromatic rings. The number of quaternary nitrogens is 1. The van der Waals surface area contributed by atoms with E-state index in [0.29, 0.717) is 6.61 Å². The third-order valence-electron chi connectivity index (χ3n) is 7.27. The predicted octanol–water partition coefficient (Wildman–Crippen LogP) is 4.70. The highest BCUT2D eigenvalue weighted by Crippen LogP contribution is 2.45. The molecule has 1 unspecified atom stereocenters. The second kappa shape index (κ2) is 9.80. The molecule has 0 spiro atoms.